The van der Waals surface area contributed by atoms with E-state index in [1.165, 1.54) is 56.7 Å². The van der Waals surface area contributed by atoms with Crippen LogP contribution in [0.4, 0.5) is 10.1 Å². The molecule has 2 aromatic rings. The largest absolute Gasteiger partial charge is 0.495 e. The van der Waals surface area contributed by atoms with Gasteiger partial charge in [-0.05, 0) is 48.7 Å². The predicted molar refractivity (Wildman–Crippen MR) is 154 cm³/mol. The monoisotopic (exact) mass is 561 g/mol. The van der Waals surface area contributed by atoms with Gasteiger partial charge >= 0.3 is 0 Å². The van der Waals surface area contributed by atoms with Crippen LogP contribution >= 0.6 is 0 Å². The van der Waals surface area contributed by atoms with E-state index in [4.69, 9.17) is 4.74 Å². The molecule has 0 aliphatic carbocycles. The standard InChI is InChI=1S/C30H44FN3O4S/c1-3-4-5-6-7-8-9-10-11-30(35)34-22-20-33(21-23-34)28-24-27(16-17-29(28)38-2)39(36,37)32-19-18-25-12-14-26(31)15-13-25/h12-17,24,32H,3-11,18-23H2,1-2H3. The summed E-state index contributed by atoms with van der Waals surface area (Å²) in [7, 11) is -2.17. The highest BCUT2D eigenvalue weighted by Crippen LogP contribution is 2.32. The van der Waals surface area contributed by atoms with Gasteiger partial charge < -0.3 is 14.5 Å². The summed E-state index contributed by atoms with van der Waals surface area (Å²) in [6.07, 6.45) is 10.7. The molecule has 0 saturated carbocycles. The van der Waals surface area contributed by atoms with Crippen molar-refractivity contribution in [2.24, 2.45) is 0 Å². The Morgan fingerprint density at radius 3 is 2.21 bits per heavy atom. The summed E-state index contributed by atoms with van der Waals surface area (Å²) in [5, 5.41) is 0. The van der Waals surface area contributed by atoms with Gasteiger partial charge in [0.15, 0.2) is 0 Å². The third kappa shape index (κ3) is 9.80. The molecule has 9 heteroatoms. The summed E-state index contributed by atoms with van der Waals surface area (Å²) in [6.45, 7) is 4.86. The minimum atomic E-state index is -3.74. The number of carbonyl (C=O) groups is 1. The van der Waals surface area contributed by atoms with E-state index in [9.17, 15) is 17.6 Å². The fourth-order valence-corrected chi connectivity index (χ4v) is 5.96. The van der Waals surface area contributed by atoms with Crippen molar-refractivity contribution in [2.75, 3.05) is 44.7 Å². The van der Waals surface area contributed by atoms with E-state index in [2.05, 4.69) is 16.5 Å². The summed E-state index contributed by atoms with van der Waals surface area (Å²) < 4.78 is 47.2. The summed E-state index contributed by atoms with van der Waals surface area (Å²) in [5.41, 5.74) is 1.55. The topological polar surface area (TPSA) is 79.0 Å². The first-order valence-corrected chi connectivity index (χ1v) is 15.8. The number of ether oxygens (including phenoxy) is 1. The fraction of sp³-hybridized carbons (Fsp3) is 0.567. The van der Waals surface area contributed by atoms with Gasteiger partial charge in [-0.3, -0.25) is 4.79 Å². The predicted octanol–water partition coefficient (Wildman–Crippen LogP) is 5.53. The number of benzene rings is 2. The highest BCUT2D eigenvalue weighted by Gasteiger charge is 2.24. The molecule has 3 rings (SSSR count). The maximum Gasteiger partial charge on any atom is 0.240 e. The number of anilines is 1. The van der Waals surface area contributed by atoms with Gasteiger partial charge in [-0.1, -0.05) is 64.0 Å². The molecule has 1 aliphatic rings. The summed E-state index contributed by atoms with van der Waals surface area (Å²) >= 11 is 0. The van der Waals surface area contributed by atoms with Gasteiger partial charge in [-0.25, -0.2) is 17.5 Å². The highest BCUT2D eigenvalue weighted by molar-refractivity contribution is 7.89. The van der Waals surface area contributed by atoms with Gasteiger partial charge in [-0.15, -0.1) is 0 Å². The van der Waals surface area contributed by atoms with Crippen molar-refractivity contribution < 1.29 is 22.3 Å². The Kier molecular flexibility index (Phi) is 12.5. The minimum absolute atomic E-state index is 0.158. The molecule has 216 valence electrons. The van der Waals surface area contributed by atoms with Crippen LogP contribution < -0.4 is 14.4 Å². The lowest BCUT2D eigenvalue weighted by molar-refractivity contribution is -0.131. The van der Waals surface area contributed by atoms with Crippen LogP contribution in [0.3, 0.4) is 0 Å². The van der Waals surface area contributed by atoms with E-state index in [1.54, 1.807) is 31.4 Å². The molecule has 0 unspecified atom stereocenters. The number of halogens is 1. The summed E-state index contributed by atoms with van der Waals surface area (Å²) in [4.78, 5) is 16.9. The van der Waals surface area contributed by atoms with Crippen LogP contribution in [-0.4, -0.2) is 59.1 Å². The molecule has 1 fully saturated rings. The van der Waals surface area contributed by atoms with Crippen LogP contribution in [0.25, 0.3) is 0 Å². The average Bonchev–Trinajstić information content (AvgIpc) is 2.95. The molecule has 0 atom stereocenters. The van der Waals surface area contributed by atoms with E-state index in [0.29, 0.717) is 50.5 Å². The van der Waals surface area contributed by atoms with E-state index in [0.717, 1.165) is 18.4 Å². The van der Waals surface area contributed by atoms with Crippen molar-refractivity contribution in [3.63, 3.8) is 0 Å². The van der Waals surface area contributed by atoms with Gasteiger partial charge in [0.05, 0.1) is 17.7 Å². The number of rotatable bonds is 16. The second-order valence-corrected chi connectivity index (χ2v) is 12.0. The number of sulfonamides is 1. The Bertz CT molecular complexity index is 1130. The number of hydrogen-bond acceptors (Lipinski definition) is 5. The second kappa shape index (κ2) is 15.8. The van der Waals surface area contributed by atoms with Crippen LogP contribution in [0.1, 0.15) is 70.3 Å². The molecule has 0 spiro atoms. The fourth-order valence-electron chi connectivity index (χ4n) is 4.91. The van der Waals surface area contributed by atoms with Gasteiger partial charge in [0.1, 0.15) is 11.6 Å². The number of hydrogen-bond donors (Lipinski definition) is 1. The molecule has 2 aromatic carbocycles. The van der Waals surface area contributed by atoms with Crippen molar-refractivity contribution in [3.8, 4) is 5.75 Å². The smallest absolute Gasteiger partial charge is 0.240 e. The van der Waals surface area contributed by atoms with Gasteiger partial charge in [0.25, 0.3) is 0 Å². The Morgan fingerprint density at radius 2 is 1.56 bits per heavy atom. The number of nitrogens with zero attached hydrogens (tertiary/aromatic N) is 2. The molecule has 0 bridgehead atoms. The molecule has 1 N–H and O–H groups in total. The third-order valence-electron chi connectivity index (χ3n) is 7.30. The molecule has 1 amide bonds. The summed E-state index contributed by atoms with van der Waals surface area (Å²) in [5.74, 6) is 0.479. The van der Waals surface area contributed by atoms with Crippen molar-refractivity contribution in [1.29, 1.82) is 0 Å². The minimum Gasteiger partial charge on any atom is -0.495 e. The van der Waals surface area contributed by atoms with Gasteiger partial charge in [0.2, 0.25) is 15.9 Å². The van der Waals surface area contributed by atoms with Gasteiger partial charge in [-0.2, -0.15) is 0 Å². The van der Waals surface area contributed by atoms with E-state index >= 15 is 0 Å². The Hall–Kier alpha value is -2.65. The highest BCUT2D eigenvalue weighted by atomic mass is 32.2. The molecular formula is C30H44FN3O4S. The van der Waals surface area contributed by atoms with Crippen molar-refractivity contribution in [2.45, 2.75) is 76.0 Å². The quantitative estimate of drug-likeness (QED) is 0.273. The number of nitrogens with one attached hydrogen (secondary N) is 1. The zero-order valence-corrected chi connectivity index (χ0v) is 24.3. The van der Waals surface area contributed by atoms with E-state index < -0.39 is 10.0 Å². The van der Waals surface area contributed by atoms with Crippen molar-refractivity contribution in [3.05, 3.63) is 53.8 Å². The maximum atomic E-state index is 13.1. The Labute approximate surface area is 233 Å². The van der Waals surface area contributed by atoms with E-state index in [-0.39, 0.29) is 23.2 Å². The van der Waals surface area contributed by atoms with Crippen LogP contribution in [0.2, 0.25) is 0 Å². The molecule has 0 aromatic heterocycles. The normalized spacial score (nSPS) is 14.0. The number of unbranched alkanes of at least 4 members (excludes halogenated alkanes) is 7. The number of amides is 1. The molecule has 39 heavy (non-hydrogen) atoms. The third-order valence-corrected chi connectivity index (χ3v) is 8.76. The summed E-state index contributed by atoms with van der Waals surface area (Å²) in [6, 6.07) is 10.9. The SMILES string of the molecule is CCCCCCCCCCC(=O)N1CCN(c2cc(S(=O)(=O)NCCc3ccc(F)cc3)ccc2OC)CC1. The molecule has 1 heterocycles. The zero-order chi connectivity index (χ0) is 28.1. The first kappa shape index (κ1) is 30.9. The maximum absolute atomic E-state index is 13.1. The van der Waals surface area contributed by atoms with E-state index in [1.807, 2.05) is 4.90 Å². The van der Waals surface area contributed by atoms with Crippen LogP contribution in [0.5, 0.6) is 5.75 Å². The molecular weight excluding hydrogens is 517 g/mol. The molecule has 0 radical (unpaired) electrons. The number of carbonyl (C=O) groups excluding carboxylic acids is 1. The van der Waals surface area contributed by atoms with Crippen molar-refractivity contribution >= 4 is 21.6 Å². The van der Waals surface area contributed by atoms with Crippen LogP contribution in [0, 0.1) is 5.82 Å². The van der Waals surface area contributed by atoms with Gasteiger partial charge in [0, 0.05) is 39.1 Å². The lowest BCUT2D eigenvalue weighted by Gasteiger charge is -2.37. The average molecular weight is 562 g/mol. The Balaban J connectivity index is 1.49. The molecule has 7 nitrogen and oxygen atoms in total. The Morgan fingerprint density at radius 1 is 0.923 bits per heavy atom. The molecule has 1 aliphatic heterocycles. The number of methoxy groups -OCH3 is 1. The molecule has 1 saturated heterocycles. The van der Waals surface area contributed by atoms with Crippen LogP contribution in [0.15, 0.2) is 47.4 Å². The lowest BCUT2D eigenvalue weighted by atomic mass is 10.1. The first-order chi connectivity index (χ1) is 18.8. The first-order valence-electron chi connectivity index (χ1n) is 14.3. The van der Waals surface area contributed by atoms with Crippen LogP contribution in [-0.2, 0) is 21.2 Å². The lowest BCUT2D eigenvalue weighted by Crippen LogP contribution is -2.48. The zero-order valence-electron chi connectivity index (χ0n) is 23.5. The van der Waals surface area contributed by atoms with Crippen molar-refractivity contribution in [1.82, 2.24) is 9.62 Å². The second-order valence-electron chi connectivity index (χ2n) is 10.2. The number of piperazine rings is 1.